The number of nitrogens with zero attached hydrogens (tertiary/aromatic N) is 2. The monoisotopic (exact) mass is 387 g/mol. The van der Waals surface area contributed by atoms with E-state index in [0.29, 0.717) is 33.4 Å². The van der Waals surface area contributed by atoms with Crippen molar-refractivity contribution >= 4 is 44.9 Å². The molecule has 0 spiro atoms. The van der Waals surface area contributed by atoms with Crippen molar-refractivity contribution in [3.63, 3.8) is 0 Å². The Balaban J connectivity index is 1.92. The molecule has 1 fully saturated rings. The van der Waals surface area contributed by atoms with Crippen LogP contribution in [0, 0.1) is 6.92 Å². The number of nitrogens with one attached hydrogen (secondary N) is 1. The summed E-state index contributed by atoms with van der Waals surface area (Å²) in [6.45, 7) is 1.74. The Morgan fingerprint density at radius 2 is 2.12 bits per heavy atom. The lowest BCUT2D eigenvalue weighted by Crippen LogP contribution is -2.25. The predicted molar refractivity (Wildman–Crippen MR) is 95.8 cm³/mol. The molecule has 0 radical (unpaired) electrons. The van der Waals surface area contributed by atoms with Crippen LogP contribution in [0.5, 0.6) is 0 Å². The molecular formula is C15H15Cl2N3O3S. The van der Waals surface area contributed by atoms with Gasteiger partial charge in [0.05, 0.1) is 33.8 Å². The summed E-state index contributed by atoms with van der Waals surface area (Å²) in [7, 11) is -3.07. The molecule has 1 aromatic heterocycles. The number of aromatic nitrogens is 2. The molecule has 0 aliphatic carbocycles. The molecule has 0 bridgehead atoms. The second kappa shape index (κ2) is 6.38. The van der Waals surface area contributed by atoms with Gasteiger partial charge in [0.25, 0.3) is 5.56 Å². The summed E-state index contributed by atoms with van der Waals surface area (Å²) < 4.78 is 24.6. The van der Waals surface area contributed by atoms with Gasteiger partial charge in [0.2, 0.25) is 0 Å². The molecule has 24 heavy (non-hydrogen) atoms. The van der Waals surface area contributed by atoms with Crippen LogP contribution in [0.2, 0.25) is 10.0 Å². The molecule has 128 valence electrons. The fourth-order valence-corrected chi connectivity index (χ4v) is 4.85. The number of rotatable bonds is 3. The van der Waals surface area contributed by atoms with E-state index < -0.39 is 9.84 Å². The molecule has 0 unspecified atom stereocenters. The minimum Gasteiger partial charge on any atom is -0.299 e. The molecule has 0 saturated carbocycles. The number of sulfone groups is 1. The van der Waals surface area contributed by atoms with E-state index >= 15 is 0 Å². The molecule has 1 N–H and O–H groups in total. The molecule has 1 atom stereocenters. The summed E-state index contributed by atoms with van der Waals surface area (Å²) in [5.41, 5.74) is 1.21. The van der Waals surface area contributed by atoms with Gasteiger partial charge in [-0.1, -0.05) is 23.2 Å². The van der Waals surface area contributed by atoms with Crippen molar-refractivity contribution in [3.8, 4) is 0 Å². The van der Waals surface area contributed by atoms with Crippen LogP contribution in [0.25, 0.3) is 0 Å². The molecule has 6 nitrogen and oxygen atoms in total. The van der Waals surface area contributed by atoms with E-state index in [1.54, 1.807) is 25.1 Å². The van der Waals surface area contributed by atoms with Gasteiger partial charge in [-0.05, 0) is 31.5 Å². The first kappa shape index (κ1) is 17.3. The quantitative estimate of drug-likeness (QED) is 0.821. The summed E-state index contributed by atoms with van der Waals surface area (Å²) in [5.74, 6) is 0.0818. The van der Waals surface area contributed by atoms with Crippen LogP contribution in [0.15, 0.2) is 28.0 Å². The Kier molecular flexibility index (Phi) is 4.59. The van der Waals surface area contributed by atoms with Crippen LogP contribution < -0.4 is 5.56 Å². The Hall–Kier alpha value is -1.57. The van der Waals surface area contributed by atoms with Crippen LogP contribution >= 0.6 is 23.2 Å². The predicted octanol–water partition coefficient (Wildman–Crippen LogP) is 2.90. The zero-order valence-corrected chi connectivity index (χ0v) is 15.1. The number of aromatic amines is 1. The summed E-state index contributed by atoms with van der Waals surface area (Å²) in [5, 5.41) is 3.83. The average molecular weight is 388 g/mol. The van der Waals surface area contributed by atoms with E-state index in [2.05, 4.69) is 10.1 Å². The zero-order valence-electron chi connectivity index (χ0n) is 12.8. The largest absolute Gasteiger partial charge is 0.299 e. The van der Waals surface area contributed by atoms with Gasteiger partial charge in [-0.3, -0.25) is 14.9 Å². The highest BCUT2D eigenvalue weighted by molar-refractivity contribution is 7.91. The Bertz CT molecular complexity index is 976. The third-order valence-corrected chi connectivity index (χ3v) is 6.25. The van der Waals surface area contributed by atoms with Gasteiger partial charge >= 0.3 is 0 Å². The number of aryl methyl sites for hydroxylation is 1. The number of H-pyrrole nitrogens is 1. The van der Waals surface area contributed by atoms with Crippen molar-refractivity contribution in [1.82, 2.24) is 9.78 Å². The van der Waals surface area contributed by atoms with Gasteiger partial charge in [0, 0.05) is 16.9 Å². The van der Waals surface area contributed by atoms with Gasteiger partial charge in [0.1, 0.15) is 0 Å². The number of hydrogen-bond donors (Lipinski definition) is 1. The normalized spacial score (nSPS) is 20.0. The maximum Gasteiger partial charge on any atom is 0.275 e. The highest BCUT2D eigenvalue weighted by atomic mass is 35.5. The summed E-state index contributed by atoms with van der Waals surface area (Å²) in [6, 6.07) is 4.53. The van der Waals surface area contributed by atoms with Gasteiger partial charge in [0.15, 0.2) is 9.84 Å². The highest BCUT2D eigenvalue weighted by Gasteiger charge is 2.31. The van der Waals surface area contributed by atoms with Gasteiger partial charge in [-0.2, -0.15) is 0 Å². The van der Waals surface area contributed by atoms with Crippen molar-refractivity contribution in [2.45, 2.75) is 19.4 Å². The van der Waals surface area contributed by atoms with E-state index in [1.807, 2.05) is 0 Å². The third kappa shape index (κ3) is 3.43. The van der Waals surface area contributed by atoms with E-state index in [-0.39, 0.29) is 23.1 Å². The second-order valence-electron chi connectivity index (χ2n) is 5.74. The van der Waals surface area contributed by atoms with Crippen LogP contribution in [0.3, 0.4) is 0 Å². The minimum absolute atomic E-state index is 0.0214. The number of halogens is 2. The molecule has 1 saturated heterocycles. The first-order valence-electron chi connectivity index (χ1n) is 7.27. The van der Waals surface area contributed by atoms with Crippen LogP contribution in [0.1, 0.15) is 23.7 Å². The lowest BCUT2D eigenvalue weighted by atomic mass is 10.2. The molecule has 2 heterocycles. The molecule has 2 aromatic rings. The molecule has 1 aliphatic heterocycles. The molecule has 1 aromatic carbocycles. The van der Waals surface area contributed by atoms with Gasteiger partial charge in [-0.15, -0.1) is 0 Å². The molecule has 0 amide bonds. The lowest BCUT2D eigenvalue weighted by molar-refractivity contribution is 0.483. The second-order valence-corrected chi connectivity index (χ2v) is 8.81. The zero-order chi connectivity index (χ0) is 17.5. The van der Waals surface area contributed by atoms with E-state index in [1.165, 1.54) is 10.9 Å². The molecule has 3 rings (SSSR count). The molecule has 9 heteroatoms. The summed E-state index contributed by atoms with van der Waals surface area (Å²) >= 11 is 11.9. The smallest absolute Gasteiger partial charge is 0.275 e. The van der Waals surface area contributed by atoms with Gasteiger partial charge < -0.3 is 0 Å². The SMILES string of the molecule is Cc1[nH]n([C@@H]2CCS(=O)(=O)C2)c(=O)c1C=Nc1ccc(Cl)cc1Cl. The van der Waals surface area contributed by atoms with Crippen molar-refractivity contribution in [2.24, 2.45) is 4.99 Å². The Morgan fingerprint density at radius 3 is 2.75 bits per heavy atom. The summed E-state index contributed by atoms with van der Waals surface area (Å²) in [6.07, 6.45) is 1.87. The van der Waals surface area contributed by atoms with Gasteiger partial charge in [-0.25, -0.2) is 13.1 Å². The lowest BCUT2D eigenvalue weighted by Gasteiger charge is -2.07. The number of benzene rings is 1. The third-order valence-electron chi connectivity index (χ3n) is 3.96. The van der Waals surface area contributed by atoms with Crippen molar-refractivity contribution in [3.05, 3.63) is 49.9 Å². The first-order chi connectivity index (χ1) is 11.3. The Morgan fingerprint density at radius 1 is 1.38 bits per heavy atom. The maximum absolute atomic E-state index is 12.5. The number of hydrogen-bond acceptors (Lipinski definition) is 4. The summed E-state index contributed by atoms with van der Waals surface area (Å²) in [4.78, 5) is 16.8. The maximum atomic E-state index is 12.5. The van der Waals surface area contributed by atoms with Crippen LogP contribution in [-0.2, 0) is 9.84 Å². The van der Waals surface area contributed by atoms with Crippen molar-refractivity contribution in [1.29, 1.82) is 0 Å². The van der Waals surface area contributed by atoms with E-state index in [4.69, 9.17) is 23.2 Å². The van der Waals surface area contributed by atoms with Crippen LogP contribution in [-0.4, -0.2) is 35.9 Å². The standard InChI is InChI=1S/C15H15Cl2N3O3S/c1-9-12(7-18-14-3-2-10(16)6-13(14)17)15(21)20(19-9)11-4-5-24(22,23)8-11/h2-3,6-7,11,19H,4-5,8H2,1H3/t11-/m1/s1. The Labute approximate surface area is 149 Å². The molecular weight excluding hydrogens is 373 g/mol. The topological polar surface area (TPSA) is 84.3 Å². The molecule has 1 aliphatic rings. The van der Waals surface area contributed by atoms with Crippen molar-refractivity contribution < 1.29 is 8.42 Å². The fraction of sp³-hybridized carbons (Fsp3) is 0.333. The van der Waals surface area contributed by atoms with E-state index in [0.717, 1.165) is 0 Å². The number of aliphatic imine (C=N–C) groups is 1. The minimum atomic E-state index is -3.07. The first-order valence-corrected chi connectivity index (χ1v) is 9.85. The van der Waals surface area contributed by atoms with Crippen molar-refractivity contribution in [2.75, 3.05) is 11.5 Å². The fourth-order valence-electron chi connectivity index (χ4n) is 2.69. The van der Waals surface area contributed by atoms with Crippen LogP contribution in [0.4, 0.5) is 5.69 Å². The highest BCUT2D eigenvalue weighted by Crippen LogP contribution is 2.28. The van der Waals surface area contributed by atoms with E-state index in [9.17, 15) is 13.2 Å². The average Bonchev–Trinajstić information content (AvgIpc) is 2.99.